The fraction of sp³-hybridized carbons (Fsp3) is 0.423. The van der Waals surface area contributed by atoms with Crippen LogP contribution in [0.2, 0.25) is 0 Å². The first-order valence-corrected chi connectivity index (χ1v) is 15.5. The Kier molecular flexibility index (Phi) is 8.71. The molecule has 0 unspecified atom stereocenters. The van der Waals surface area contributed by atoms with E-state index in [0.717, 1.165) is 63.5 Å². The van der Waals surface area contributed by atoms with Crippen molar-refractivity contribution < 1.29 is 8.42 Å². The van der Waals surface area contributed by atoms with E-state index in [1.54, 1.807) is 45.4 Å². The predicted molar refractivity (Wildman–Crippen MR) is 150 cm³/mol. The Morgan fingerprint density at radius 2 is 1.81 bits per heavy atom. The molecule has 0 amide bonds. The van der Waals surface area contributed by atoms with Gasteiger partial charge >= 0.3 is 0 Å². The summed E-state index contributed by atoms with van der Waals surface area (Å²) in [5, 5.41) is 8.60. The maximum atomic E-state index is 13.4. The van der Waals surface area contributed by atoms with Crippen LogP contribution in [-0.4, -0.2) is 46.8 Å². The molecule has 1 N–H and O–H groups in total. The lowest BCUT2D eigenvalue weighted by Gasteiger charge is -2.22. The standard InChI is InChI=1S/C26H33N5O2S3/c1-5-13-31(36(32,33)22-11-9-21(10-12-22)23-16-34-20(4)30-23)14-7-6-8-19(3)29-26-25-24(27-17-28-26)18(2)15-35-25/h9-12,15-17,19H,5-8,13-14H2,1-4H3,(H,27,28,29)/t19-/m0/s1. The van der Waals surface area contributed by atoms with Crippen molar-refractivity contribution >= 4 is 48.7 Å². The number of hydrogen-bond acceptors (Lipinski definition) is 8. The maximum Gasteiger partial charge on any atom is 0.243 e. The van der Waals surface area contributed by atoms with Crippen LogP contribution >= 0.6 is 22.7 Å². The van der Waals surface area contributed by atoms with E-state index in [1.807, 2.05) is 31.4 Å². The van der Waals surface area contributed by atoms with Gasteiger partial charge in [0.25, 0.3) is 0 Å². The average molecular weight is 544 g/mol. The van der Waals surface area contributed by atoms with Gasteiger partial charge in [0, 0.05) is 30.1 Å². The molecule has 0 fully saturated rings. The maximum absolute atomic E-state index is 13.4. The number of sulfonamides is 1. The monoisotopic (exact) mass is 543 g/mol. The van der Waals surface area contributed by atoms with Gasteiger partial charge in [0.15, 0.2) is 0 Å². The Bertz CT molecular complexity index is 1400. The summed E-state index contributed by atoms with van der Waals surface area (Å²) in [6.45, 7) is 9.20. The molecule has 10 heteroatoms. The highest BCUT2D eigenvalue weighted by atomic mass is 32.2. The van der Waals surface area contributed by atoms with E-state index in [1.165, 1.54) is 0 Å². The third kappa shape index (κ3) is 6.11. The number of aromatic nitrogens is 3. The summed E-state index contributed by atoms with van der Waals surface area (Å²) in [7, 11) is -3.54. The lowest BCUT2D eigenvalue weighted by atomic mass is 10.1. The van der Waals surface area contributed by atoms with Crippen LogP contribution in [0, 0.1) is 13.8 Å². The van der Waals surface area contributed by atoms with Gasteiger partial charge in [0.05, 0.1) is 25.8 Å². The first kappa shape index (κ1) is 26.7. The van der Waals surface area contributed by atoms with Gasteiger partial charge in [0.1, 0.15) is 12.1 Å². The number of aryl methyl sites for hydroxylation is 2. The van der Waals surface area contributed by atoms with Crippen LogP contribution in [0.4, 0.5) is 5.82 Å². The zero-order valence-corrected chi connectivity index (χ0v) is 23.6. The van der Waals surface area contributed by atoms with Crippen LogP contribution < -0.4 is 5.32 Å². The number of nitrogens with one attached hydrogen (secondary N) is 1. The van der Waals surface area contributed by atoms with Crippen LogP contribution in [0.15, 0.2) is 46.2 Å². The molecular formula is C26H33N5O2S3. The van der Waals surface area contributed by atoms with Gasteiger partial charge in [-0.3, -0.25) is 0 Å². The second-order valence-corrected chi connectivity index (χ2v) is 12.9. The van der Waals surface area contributed by atoms with E-state index >= 15 is 0 Å². The van der Waals surface area contributed by atoms with Crippen molar-refractivity contribution in [3.63, 3.8) is 0 Å². The largest absolute Gasteiger partial charge is 0.366 e. The minimum Gasteiger partial charge on any atom is -0.366 e. The van der Waals surface area contributed by atoms with Gasteiger partial charge in [-0.2, -0.15) is 4.31 Å². The minimum absolute atomic E-state index is 0.226. The van der Waals surface area contributed by atoms with E-state index in [4.69, 9.17) is 0 Å². The molecule has 0 saturated heterocycles. The fourth-order valence-electron chi connectivity index (χ4n) is 4.16. The fourth-order valence-corrected chi connectivity index (χ4v) is 7.31. The van der Waals surface area contributed by atoms with E-state index in [9.17, 15) is 8.42 Å². The molecular weight excluding hydrogens is 511 g/mol. The zero-order chi connectivity index (χ0) is 25.7. The predicted octanol–water partition coefficient (Wildman–Crippen LogP) is 6.50. The highest BCUT2D eigenvalue weighted by molar-refractivity contribution is 7.89. The van der Waals surface area contributed by atoms with Gasteiger partial charge in [0.2, 0.25) is 10.0 Å². The molecule has 3 heterocycles. The van der Waals surface area contributed by atoms with Crippen LogP contribution in [0.3, 0.4) is 0 Å². The molecule has 1 aromatic carbocycles. The summed E-state index contributed by atoms with van der Waals surface area (Å²) < 4.78 is 29.4. The van der Waals surface area contributed by atoms with Crippen LogP contribution in [0.25, 0.3) is 21.5 Å². The molecule has 3 aromatic heterocycles. The van der Waals surface area contributed by atoms with Gasteiger partial charge in [-0.1, -0.05) is 25.5 Å². The van der Waals surface area contributed by atoms with Gasteiger partial charge in [-0.25, -0.2) is 23.4 Å². The van der Waals surface area contributed by atoms with Crippen molar-refractivity contribution in [2.45, 2.75) is 64.3 Å². The second kappa shape index (κ2) is 11.8. The molecule has 7 nitrogen and oxygen atoms in total. The Balaban J connectivity index is 1.33. The third-order valence-corrected chi connectivity index (χ3v) is 9.87. The second-order valence-electron chi connectivity index (χ2n) is 9.04. The lowest BCUT2D eigenvalue weighted by Crippen LogP contribution is -2.33. The van der Waals surface area contributed by atoms with Crippen molar-refractivity contribution in [2.75, 3.05) is 18.4 Å². The SMILES string of the molecule is CCCN(CCCC[C@H](C)Nc1ncnc2c(C)csc12)S(=O)(=O)c1ccc(-c2csc(C)n2)cc1. The number of rotatable bonds is 12. The number of unbranched alkanes of at least 4 members (excludes halogenated alkanes) is 1. The third-order valence-electron chi connectivity index (χ3n) is 6.09. The van der Waals surface area contributed by atoms with Gasteiger partial charge < -0.3 is 5.32 Å². The summed E-state index contributed by atoms with van der Waals surface area (Å²) >= 11 is 3.24. The topological polar surface area (TPSA) is 88.1 Å². The Morgan fingerprint density at radius 1 is 1.03 bits per heavy atom. The number of thiazole rings is 1. The van der Waals surface area contributed by atoms with Gasteiger partial charge in [-0.05, 0) is 63.1 Å². The van der Waals surface area contributed by atoms with E-state index in [0.29, 0.717) is 18.0 Å². The number of nitrogens with zero attached hydrogens (tertiary/aromatic N) is 4. The number of benzene rings is 1. The van der Waals surface area contributed by atoms with Gasteiger partial charge in [-0.15, -0.1) is 22.7 Å². The summed E-state index contributed by atoms with van der Waals surface area (Å²) in [4.78, 5) is 13.6. The Morgan fingerprint density at radius 3 is 2.50 bits per heavy atom. The van der Waals surface area contributed by atoms with Crippen molar-refractivity contribution in [1.82, 2.24) is 19.3 Å². The van der Waals surface area contributed by atoms with Crippen molar-refractivity contribution in [2.24, 2.45) is 0 Å². The van der Waals surface area contributed by atoms with Crippen molar-refractivity contribution in [3.05, 3.63) is 51.9 Å². The van der Waals surface area contributed by atoms with Crippen LogP contribution in [0.5, 0.6) is 0 Å². The average Bonchev–Trinajstić information content (AvgIpc) is 3.47. The lowest BCUT2D eigenvalue weighted by molar-refractivity contribution is 0.395. The quantitative estimate of drug-likeness (QED) is 0.205. The molecule has 192 valence electrons. The summed E-state index contributed by atoms with van der Waals surface area (Å²) in [5.74, 6) is 0.872. The molecule has 4 rings (SSSR count). The van der Waals surface area contributed by atoms with Crippen LogP contribution in [0.1, 0.15) is 50.1 Å². The molecule has 36 heavy (non-hydrogen) atoms. The van der Waals surface area contributed by atoms with Crippen molar-refractivity contribution in [3.8, 4) is 11.3 Å². The summed E-state index contributed by atoms with van der Waals surface area (Å²) in [6.07, 6.45) is 5.03. The zero-order valence-electron chi connectivity index (χ0n) is 21.2. The molecule has 0 spiro atoms. The van der Waals surface area contributed by atoms with Crippen molar-refractivity contribution in [1.29, 1.82) is 0 Å². The minimum atomic E-state index is -3.54. The first-order chi connectivity index (χ1) is 17.3. The Labute approximate surface area is 221 Å². The molecule has 0 saturated carbocycles. The highest BCUT2D eigenvalue weighted by Gasteiger charge is 2.23. The molecule has 0 radical (unpaired) electrons. The summed E-state index contributed by atoms with van der Waals surface area (Å²) in [5.41, 5.74) is 3.98. The Hall–Kier alpha value is -2.40. The van der Waals surface area contributed by atoms with Crippen LogP contribution in [-0.2, 0) is 10.0 Å². The molecule has 4 aromatic rings. The molecule has 0 aliphatic rings. The number of hydrogen-bond donors (Lipinski definition) is 1. The van der Waals surface area contributed by atoms with E-state index in [2.05, 4.69) is 39.5 Å². The van der Waals surface area contributed by atoms with E-state index in [-0.39, 0.29) is 6.04 Å². The number of thiophene rings is 1. The molecule has 0 bridgehead atoms. The normalized spacial score (nSPS) is 12.9. The number of fused-ring (bicyclic) bond motifs is 1. The molecule has 0 aliphatic heterocycles. The smallest absolute Gasteiger partial charge is 0.243 e. The summed E-state index contributed by atoms with van der Waals surface area (Å²) in [6, 6.07) is 7.31. The molecule has 1 atom stereocenters. The molecule has 0 aliphatic carbocycles. The highest BCUT2D eigenvalue weighted by Crippen LogP contribution is 2.29. The number of anilines is 1. The first-order valence-electron chi connectivity index (χ1n) is 12.3. The van der Waals surface area contributed by atoms with E-state index < -0.39 is 10.0 Å².